The van der Waals surface area contributed by atoms with Crippen molar-refractivity contribution in [1.82, 2.24) is 0 Å². The van der Waals surface area contributed by atoms with E-state index in [4.69, 9.17) is 11.6 Å². The molecule has 27 heavy (non-hydrogen) atoms. The van der Waals surface area contributed by atoms with Crippen LogP contribution in [0.15, 0.2) is 59.5 Å². The van der Waals surface area contributed by atoms with Crippen LogP contribution in [0, 0.1) is 16.7 Å². The summed E-state index contributed by atoms with van der Waals surface area (Å²) in [7, 11) is -4.32. The molecule has 7 heteroatoms. The number of carbonyl (C=O) groups excluding carboxylic acids is 2. The van der Waals surface area contributed by atoms with Gasteiger partial charge in [-0.15, -0.1) is 0 Å². The molecule has 0 unspecified atom stereocenters. The van der Waals surface area contributed by atoms with Crippen LogP contribution < -0.4 is 0 Å². The summed E-state index contributed by atoms with van der Waals surface area (Å²) in [6, 6.07) is 15.4. The highest BCUT2D eigenvalue weighted by Crippen LogP contribution is 2.73. The minimum atomic E-state index is -4.32. The van der Waals surface area contributed by atoms with E-state index in [2.05, 4.69) is 0 Å². The number of halogens is 1. The van der Waals surface area contributed by atoms with Gasteiger partial charge in [0.2, 0.25) is 0 Å². The third-order valence-corrected chi connectivity index (χ3v) is 7.94. The first-order chi connectivity index (χ1) is 12.7. The summed E-state index contributed by atoms with van der Waals surface area (Å²) in [6.07, 6.45) is 0. The zero-order valence-electron chi connectivity index (χ0n) is 14.6. The van der Waals surface area contributed by atoms with Gasteiger partial charge in [-0.1, -0.05) is 41.9 Å². The molecule has 2 aromatic carbocycles. The number of benzene rings is 2. The van der Waals surface area contributed by atoms with E-state index < -0.39 is 37.5 Å². The molecule has 0 N–H and O–H groups in total. The van der Waals surface area contributed by atoms with Gasteiger partial charge < -0.3 is 0 Å². The maximum absolute atomic E-state index is 13.5. The molecule has 0 spiro atoms. The molecule has 0 bridgehead atoms. The summed E-state index contributed by atoms with van der Waals surface area (Å²) in [6.45, 7) is 2.31. The maximum Gasteiger partial charge on any atom is 0.199 e. The van der Waals surface area contributed by atoms with Gasteiger partial charge in [0.1, 0.15) is 17.0 Å². The number of nitrogens with zero attached hydrogens (tertiary/aromatic N) is 1. The lowest BCUT2D eigenvalue weighted by atomic mass is 9.90. The monoisotopic (exact) mass is 401 g/mol. The van der Waals surface area contributed by atoms with Gasteiger partial charge in [0.15, 0.2) is 14.6 Å². The molecule has 2 atom stereocenters. The lowest BCUT2D eigenvalue weighted by Gasteiger charge is -2.16. The fourth-order valence-corrected chi connectivity index (χ4v) is 6.66. The molecule has 1 fully saturated rings. The van der Waals surface area contributed by atoms with Crippen molar-refractivity contribution in [3.63, 3.8) is 0 Å². The van der Waals surface area contributed by atoms with Crippen LogP contribution in [0.25, 0.3) is 0 Å². The molecular formula is C20H16ClNO4S. The normalized spacial score (nSPS) is 23.3. The van der Waals surface area contributed by atoms with Gasteiger partial charge in [-0.05, 0) is 43.7 Å². The summed E-state index contributed by atoms with van der Waals surface area (Å²) in [4.78, 5) is 25.1. The van der Waals surface area contributed by atoms with Crippen LogP contribution in [0.4, 0.5) is 0 Å². The van der Waals surface area contributed by atoms with Gasteiger partial charge in [0.05, 0.1) is 11.0 Å². The number of Topliss-reactive ketones (excluding diaryl/α,β-unsaturated/α-hetero) is 2. The molecule has 2 aromatic rings. The Hall–Kier alpha value is -2.49. The molecule has 1 aliphatic rings. The number of sulfone groups is 1. The SMILES string of the molecule is CC(=O)C1(C(C)=O)[C@H](c2ccc(Cl)cc2)[C@]1(C#N)S(=O)(=O)c1ccccc1. The smallest absolute Gasteiger partial charge is 0.199 e. The van der Waals surface area contributed by atoms with Crippen LogP contribution in [0.1, 0.15) is 25.3 Å². The molecule has 1 aliphatic carbocycles. The van der Waals surface area contributed by atoms with Gasteiger partial charge in [-0.2, -0.15) is 5.26 Å². The summed E-state index contributed by atoms with van der Waals surface area (Å²) in [5.74, 6) is -2.39. The molecule has 0 aliphatic heterocycles. The Kier molecular flexibility index (Phi) is 4.49. The van der Waals surface area contributed by atoms with E-state index in [0.29, 0.717) is 10.6 Å². The zero-order chi connectivity index (χ0) is 20.0. The molecule has 0 radical (unpaired) electrons. The summed E-state index contributed by atoms with van der Waals surface area (Å²) < 4.78 is 24.7. The summed E-state index contributed by atoms with van der Waals surface area (Å²) >= 11 is 5.91. The van der Waals surface area contributed by atoms with Crippen molar-refractivity contribution in [2.75, 3.05) is 0 Å². The van der Waals surface area contributed by atoms with Crippen LogP contribution >= 0.6 is 11.6 Å². The molecule has 0 heterocycles. The summed E-state index contributed by atoms with van der Waals surface area (Å²) in [5, 5.41) is 10.4. The zero-order valence-corrected chi connectivity index (χ0v) is 16.2. The third-order valence-electron chi connectivity index (χ3n) is 5.30. The average molecular weight is 402 g/mol. The van der Waals surface area contributed by atoms with Crippen molar-refractivity contribution in [2.45, 2.75) is 29.4 Å². The lowest BCUT2D eigenvalue weighted by Crippen LogP contribution is -2.37. The van der Waals surface area contributed by atoms with Gasteiger partial charge in [0.25, 0.3) is 0 Å². The standard InChI is InChI=1S/C20H16ClNO4S/c1-13(23)20(14(2)24)18(15-8-10-16(21)11-9-15)19(20,12-22)27(25,26)17-6-4-3-5-7-17/h3-11,18H,1-2H3/t18-,19+/m1/s1. The second-order valence-corrected chi connectivity index (χ2v) is 9.13. The highest BCUT2D eigenvalue weighted by Gasteiger charge is 2.89. The molecule has 0 aromatic heterocycles. The number of ketones is 2. The Morgan fingerprint density at radius 2 is 1.52 bits per heavy atom. The first-order valence-electron chi connectivity index (χ1n) is 8.16. The Labute approximate surface area is 162 Å². The number of nitriles is 1. The van der Waals surface area contributed by atoms with Gasteiger partial charge in [0, 0.05) is 10.9 Å². The van der Waals surface area contributed by atoms with Crippen LogP contribution in [0.3, 0.4) is 0 Å². The molecular weight excluding hydrogens is 386 g/mol. The van der Waals surface area contributed by atoms with Crippen LogP contribution in [-0.4, -0.2) is 24.7 Å². The van der Waals surface area contributed by atoms with E-state index in [1.165, 1.54) is 36.4 Å². The largest absolute Gasteiger partial charge is 0.299 e. The number of rotatable bonds is 5. The number of hydrogen-bond acceptors (Lipinski definition) is 5. The Bertz CT molecular complexity index is 1060. The van der Waals surface area contributed by atoms with E-state index in [1.807, 2.05) is 6.07 Å². The molecule has 0 amide bonds. The average Bonchev–Trinajstić information content (AvgIpc) is 3.30. The Balaban J connectivity index is 2.35. The van der Waals surface area contributed by atoms with Crippen molar-refractivity contribution in [3.05, 3.63) is 65.2 Å². The Morgan fingerprint density at radius 1 is 1.00 bits per heavy atom. The van der Waals surface area contributed by atoms with E-state index in [0.717, 1.165) is 13.8 Å². The molecule has 1 saturated carbocycles. The van der Waals surface area contributed by atoms with Crippen molar-refractivity contribution in [3.8, 4) is 6.07 Å². The first kappa shape index (κ1) is 19.3. The maximum atomic E-state index is 13.5. The number of hydrogen-bond donors (Lipinski definition) is 0. The van der Waals surface area contributed by atoms with E-state index in [1.54, 1.807) is 18.2 Å². The van der Waals surface area contributed by atoms with Gasteiger partial charge in [-0.3, -0.25) is 9.59 Å². The first-order valence-corrected chi connectivity index (χ1v) is 10.0. The topological polar surface area (TPSA) is 92.1 Å². The van der Waals surface area contributed by atoms with Gasteiger partial charge in [-0.25, -0.2) is 8.42 Å². The molecule has 0 saturated heterocycles. The highest BCUT2D eigenvalue weighted by molar-refractivity contribution is 7.93. The van der Waals surface area contributed by atoms with Crippen LogP contribution in [0.5, 0.6) is 0 Å². The molecule has 3 rings (SSSR count). The second kappa shape index (κ2) is 6.29. The van der Waals surface area contributed by atoms with E-state index >= 15 is 0 Å². The van der Waals surface area contributed by atoms with Crippen molar-refractivity contribution in [1.29, 1.82) is 5.26 Å². The minimum Gasteiger partial charge on any atom is -0.299 e. The highest BCUT2D eigenvalue weighted by atomic mass is 35.5. The quantitative estimate of drug-likeness (QED) is 0.716. The van der Waals surface area contributed by atoms with Crippen LogP contribution in [-0.2, 0) is 19.4 Å². The van der Waals surface area contributed by atoms with Crippen molar-refractivity contribution < 1.29 is 18.0 Å². The predicted octanol–water partition coefficient (Wildman–Crippen LogP) is 3.34. The third kappa shape index (κ3) is 2.32. The van der Waals surface area contributed by atoms with E-state index in [-0.39, 0.29) is 4.90 Å². The van der Waals surface area contributed by atoms with Crippen molar-refractivity contribution in [2.24, 2.45) is 5.41 Å². The molecule has 5 nitrogen and oxygen atoms in total. The summed E-state index contributed by atoms with van der Waals surface area (Å²) in [5.41, 5.74) is -1.55. The van der Waals surface area contributed by atoms with E-state index in [9.17, 15) is 23.3 Å². The predicted molar refractivity (Wildman–Crippen MR) is 100.0 cm³/mol. The fourth-order valence-electron chi connectivity index (χ4n) is 4.13. The second-order valence-electron chi connectivity index (χ2n) is 6.57. The minimum absolute atomic E-state index is 0.102. The lowest BCUT2D eigenvalue weighted by molar-refractivity contribution is -0.132. The van der Waals surface area contributed by atoms with Crippen molar-refractivity contribution >= 4 is 33.0 Å². The van der Waals surface area contributed by atoms with Crippen LogP contribution in [0.2, 0.25) is 5.02 Å². The molecule has 138 valence electrons. The number of carbonyl (C=O) groups is 2. The van der Waals surface area contributed by atoms with Gasteiger partial charge >= 0.3 is 0 Å². The fraction of sp³-hybridized carbons (Fsp3) is 0.250. The Morgan fingerprint density at radius 3 is 1.96 bits per heavy atom.